The Morgan fingerprint density at radius 2 is 0.621 bits per heavy atom. The van der Waals surface area contributed by atoms with Crippen molar-refractivity contribution in [2.45, 2.75) is 25.7 Å². The van der Waals surface area contributed by atoms with E-state index in [1.54, 1.807) is 0 Å². The topological polar surface area (TPSA) is 51.6 Å². The molecule has 4 rings (SSSR count). The maximum Gasteiger partial charge on any atom is 2.00 e. The smallest absolute Gasteiger partial charge is 0.261 e. The molecule has 0 spiro atoms. The van der Waals surface area contributed by atoms with Crippen LogP contribution in [0.4, 0.5) is 0 Å². The Morgan fingerprint density at radius 3 is 0.793 bits per heavy atom. The van der Waals surface area contributed by atoms with E-state index in [2.05, 4.69) is 19.9 Å². The van der Waals surface area contributed by atoms with Crippen LogP contribution in [0.1, 0.15) is 22.8 Å². The summed E-state index contributed by atoms with van der Waals surface area (Å²) in [5.74, 6) is 0. The van der Waals surface area contributed by atoms with Crippen molar-refractivity contribution in [3.05, 3.63) is 120 Å². The Hall–Kier alpha value is -2.91. The van der Waals surface area contributed by atoms with Crippen LogP contribution in [-0.4, -0.2) is 19.9 Å². The van der Waals surface area contributed by atoms with E-state index in [-0.39, 0.29) is 16.5 Å². The Bertz CT molecular complexity index is 746. The molecule has 4 heterocycles. The summed E-state index contributed by atoms with van der Waals surface area (Å²) in [6, 6.07) is 24.0. The largest absolute Gasteiger partial charge is 2.00 e. The van der Waals surface area contributed by atoms with Gasteiger partial charge in [0.25, 0.3) is 0 Å². The molecule has 4 aromatic rings. The minimum absolute atomic E-state index is 0. The van der Waals surface area contributed by atoms with E-state index in [0.29, 0.717) is 0 Å². The molecule has 0 fully saturated rings. The molecule has 0 saturated carbocycles. The fourth-order valence-electron chi connectivity index (χ4n) is 2.70. The monoisotopic (exact) mass is 426 g/mol. The van der Waals surface area contributed by atoms with Crippen LogP contribution in [0, 0.1) is 0 Å². The zero-order chi connectivity index (χ0) is 19.3. The van der Waals surface area contributed by atoms with Crippen LogP contribution in [0.2, 0.25) is 0 Å². The van der Waals surface area contributed by atoms with Crippen LogP contribution < -0.4 is 0 Å². The second-order valence-electron chi connectivity index (χ2n) is 6.28. The van der Waals surface area contributed by atoms with Crippen LogP contribution in [0.15, 0.2) is 97.6 Å². The number of aryl methyl sites for hydroxylation is 4. The Labute approximate surface area is 182 Å². The van der Waals surface area contributed by atoms with Gasteiger partial charge in [0.1, 0.15) is 0 Å². The standard InChI is InChI=1S/2C12H12N2.Ni/c2*1-3-9-13-11(5-1)7-8-12-6-2-4-10-14-12;/h2*1-6,9-10H,7-8H2;/q;;+2. The minimum atomic E-state index is 0. The van der Waals surface area contributed by atoms with Gasteiger partial charge in [-0.25, -0.2) is 0 Å². The second-order valence-corrected chi connectivity index (χ2v) is 6.28. The number of aromatic nitrogens is 4. The Kier molecular flexibility index (Phi) is 10.3. The van der Waals surface area contributed by atoms with Gasteiger partial charge in [0.15, 0.2) is 0 Å². The van der Waals surface area contributed by atoms with E-state index < -0.39 is 0 Å². The number of nitrogens with zero attached hydrogens (tertiary/aromatic N) is 4. The zero-order valence-corrected chi connectivity index (χ0v) is 17.2. The van der Waals surface area contributed by atoms with E-state index in [0.717, 1.165) is 48.5 Å². The van der Waals surface area contributed by atoms with Crippen LogP contribution in [0.5, 0.6) is 0 Å². The van der Waals surface area contributed by atoms with Crippen molar-refractivity contribution in [2.24, 2.45) is 0 Å². The quantitative estimate of drug-likeness (QED) is 0.425. The van der Waals surface area contributed by atoms with Crippen LogP contribution in [0.25, 0.3) is 0 Å². The maximum atomic E-state index is 4.27. The summed E-state index contributed by atoms with van der Waals surface area (Å²) in [5.41, 5.74) is 4.49. The Balaban J connectivity index is 0.000000200. The minimum Gasteiger partial charge on any atom is -0.261 e. The van der Waals surface area contributed by atoms with Gasteiger partial charge in [-0.1, -0.05) is 24.3 Å². The Morgan fingerprint density at radius 1 is 0.379 bits per heavy atom. The normalized spacial score (nSPS) is 9.66. The summed E-state index contributed by atoms with van der Waals surface area (Å²) in [7, 11) is 0. The van der Waals surface area contributed by atoms with E-state index in [1.807, 2.05) is 97.6 Å². The second kappa shape index (κ2) is 13.3. The summed E-state index contributed by atoms with van der Waals surface area (Å²) < 4.78 is 0. The van der Waals surface area contributed by atoms with Crippen molar-refractivity contribution in [2.75, 3.05) is 0 Å². The van der Waals surface area contributed by atoms with Gasteiger partial charge < -0.3 is 0 Å². The van der Waals surface area contributed by atoms with Gasteiger partial charge in [-0.2, -0.15) is 0 Å². The molecule has 0 aromatic carbocycles. The molecule has 0 N–H and O–H groups in total. The first-order valence-electron chi connectivity index (χ1n) is 9.50. The molecule has 0 atom stereocenters. The fourth-order valence-corrected chi connectivity index (χ4v) is 2.70. The molecule has 5 heteroatoms. The van der Waals surface area contributed by atoms with E-state index >= 15 is 0 Å². The molecular weight excluding hydrogens is 403 g/mol. The summed E-state index contributed by atoms with van der Waals surface area (Å²) >= 11 is 0. The molecule has 0 radical (unpaired) electrons. The summed E-state index contributed by atoms with van der Waals surface area (Å²) in [4.78, 5) is 17.1. The SMILES string of the molecule is [Ni+2].c1ccc(CCc2ccccn2)nc1.c1ccc(CCc2ccccn2)nc1. The average Bonchev–Trinajstić information content (AvgIpc) is 2.80. The summed E-state index contributed by atoms with van der Waals surface area (Å²) in [6.07, 6.45) is 11.1. The van der Waals surface area contributed by atoms with Crippen molar-refractivity contribution in [3.63, 3.8) is 0 Å². The van der Waals surface area contributed by atoms with Crippen molar-refractivity contribution in [3.8, 4) is 0 Å². The molecule has 4 aromatic heterocycles. The molecule has 0 bridgehead atoms. The van der Waals surface area contributed by atoms with Crippen molar-refractivity contribution >= 4 is 0 Å². The van der Waals surface area contributed by atoms with Gasteiger partial charge in [0, 0.05) is 47.6 Å². The van der Waals surface area contributed by atoms with Crippen LogP contribution in [0.3, 0.4) is 0 Å². The van der Waals surface area contributed by atoms with Crippen LogP contribution >= 0.6 is 0 Å². The number of hydrogen-bond acceptors (Lipinski definition) is 4. The molecule has 0 aliphatic rings. The predicted octanol–water partition coefficient (Wildman–Crippen LogP) is 4.52. The third-order valence-corrected chi connectivity index (χ3v) is 4.18. The first-order chi connectivity index (χ1) is 13.9. The van der Waals surface area contributed by atoms with Crippen LogP contribution in [-0.2, 0) is 42.2 Å². The predicted molar refractivity (Wildman–Crippen MR) is 112 cm³/mol. The van der Waals surface area contributed by atoms with Gasteiger partial charge >= 0.3 is 16.5 Å². The maximum absolute atomic E-state index is 4.27. The van der Waals surface area contributed by atoms with E-state index in [9.17, 15) is 0 Å². The van der Waals surface area contributed by atoms with Crippen molar-refractivity contribution in [1.29, 1.82) is 0 Å². The van der Waals surface area contributed by atoms with Gasteiger partial charge in [-0.3, -0.25) is 19.9 Å². The average molecular weight is 427 g/mol. The molecule has 0 amide bonds. The molecular formula is C24H24N4Ni+2. The van der Waals surface area contributed by atoms with Gasteiger partial charge in [-0.15, -0.1) is 0 Å². The van der Waals surface area contributed by atoms with Gasteiger partial charge in [0.05, 0.1) is 0 Å². The molecule has 29 heavy (non-hydrogen) atoms. The summed E-state index contributed by atoms with van der Waals surface area (Å²) in [5, 5.41) is 0. The third kappa shape index (κ3) is 8.76. The van der Waals surface area contributed by atoms with Gasteiger partial charge in [-0.05, 0) is 74.2 Å². The first-order valence-corrected chi connectivity index (χ1v) is 9.50. The van der Waals surface area contributed by atoms with Crippen molar-refractivity contribution < 1.29 is 16.5 Å². The molecule has 0 aliphatic heterocycles. The van der Waals surface area contributed by atoms with E-state index in [4.69, 9.17) is 0 Å². The fraction of sp³-hybridized carbons (Fsp3) is 0.167. The molecule has 4 nitrogen and oxygen atoms in total. The molecule has 0 aliphatic carbocycles. The number of hydrogen-bond donors (Lipinski definition) is 0. The first kappa shape index (κ1) is 22.4. The molecule has 148 valence electrons. The third-order valence-electron chi connectivity index (χ3n) is 4.18. The molecule has 0 saturated heterocycles. The van der Waals surface area contributed by atoms with Gasteiger partial charge in [0.2, 0.25) is 0 Å². The zero-order valence-electron chi connectivity index (χ0n) is 16.2. The molecule has 0 unspecified atom stereocenters. The van der Waals surface area contributed by atoms with Crippen molar-refractivity contribution in [1.82, 2.24) is 19.9 Å². The van der Waals surface area contributed by atoms with E-state index in [1.165, 1.54) is 0 Å². The number of rotatable bonds is 6. The summed E-state index contributed by atoms with van der Waals surface area (Å²) in [6.45, 7) is 0. The number of pyridine rings is 4.